The lowest BCUT2D eigenvalue weighted by molar-refractivity contribution is 0.311. The van der Waals surface area contributed by atoms with Gasteiger partial charge in [-0.25, -0.2) is 13.4 Å². The Hall–Kier alpha value is -1.60. The van der Waals surface area contributed by atoms with Gasteiger partial charge in [0, 0.05) is 16.7 Å². The molecule has 120 valence electrons. The van der Waals surface area contributed by atoms with E-state index in [4.69, 9.17) is 9.47 Å². The van der Waals surface area contributed by atoms with E-state index in [1.165, 1.54) is 11.3 Å². The molecule has 1 aromatic carbocycles. The predicted molar refractivity (Wildman–Crippen MR) is 88.4 cm³/mol. The SMILES string of the molecule is CCOc1ccc(-c2nc(CS(=O)(=O)CC)cs2)cc1OC. The Kier molecular flexibility index (Phi) is 5.42. The molecule has 0 spiro atoms. The molecule has 0 aliphatic rings. The van der Waals surface area contributed by atoms with Crippen LogP contribution in [-0.2, 0) is 15.6 Å². The average molecular weight is 341 g/mol. The highest BCUT2D eigenvalue weighted by molar-refractivity contribution is 7.90. The van der Waals surface area contributed by atoms with E-state index in [9.17, 15) is 8.42 Å². The van der Waals surface area contributed by atoms with Crippen molar-refractivity contribution < 1.29 is 17.9 Å². The van der Waals surface area contributed by atoms with Crippen LogP contribution in [0.3, 0.4) is 0 Å². The summed E-state index contributed by atoms with van der Waals surface area (Å²) in [6.07, 6.45) is 0. The van der Waals surface area contributed by atoms with Crippen molar-refractivity contribution in [3.63, 3.8) is 0 Å². The lowest BCUT2D eigenvalue weighted by atomic mass is 10.2. The van der Waals surface area contributed by atoms with Gasteiger partial charge in [-0.05, 0) is 25.1 Å². The third-order valence-corrected chi connectivity index (χ3v) is 5.63. The minimum atomic E-state index is -3.07. The molecule has 1 heterocycles. The fraction of sp³-hybridized carbons (Fsp3) is 0.400. The molecule has 0 bridgehead atoms. The van der Waals surface area contributed by atoms with Crippen molar-refractivity contribution >= 4 is 21.2 Å². The van der Waals surface area contributed by atoms with Crippen LogP contribution in [0.1, 0.15) is 19.5 Å². The maximum atomic E-state index is 11.7. The van der Waals surface area contributed by atoms with E-state index >= 15 is 0 Å². The molecule has 0 unspecified atom stereocenters. The third kappa shape index (κ3) is 3.98. The maximum Gasteiger partial charge on any atom is 0.161 e. The van der Waals surface area contributed by atoms with E-state index in [0.29, 0.717) is 23.8 Å². The van der Waals surface area contributed by atoms with Gasteiger partial charge in [0.25, 0.3) is 0 Å². The van der Waals surface area contributed by atoms with Gasteiger partial charge in [-0.2, -0.15) is 0 Å². The second kappa shape index (κ2) is 7.11. The van der Waals surface area contributed by atoms with Crippen LogP contribution in [0.15, 0.2) is 23.6 Å². The smallest absolute Gasteiger partial charge is 0.161 e. The molecule has 0 saturated heterocycles. The summed E-state index contributed by atoms with van der Waals surface area (Å²) in [6, 6.07) is 5.58. The highest BCUT2D eigenvalue weighted by atomic mass is 32.2. The van der Waals surface area contributed by atoms with Gasteiger partial charge >= 0.3 is 0 Å². The molecule has 0 saturated carbocycles. The normalized spacial score (nSPS) is 11.4. The van der Waals surface area contributed by atoms with Gasteiger partial charge in [0.05, 0.1) is 25.2 Å². The van der Waals surface area contributed by atoms with Crippen LogP contribution in [0.5, 0.6) is 11.5 Å². The molecule has 2 rings (SSSR count). The van der Waals surface area contributed by atoms with E-state index < -0.39 is 9.84 Å². The molecule has 2 aromatic rings. The summed E-state index contributed by atoms with van der Waals surface area (Å²) in [5.41, 5.74) is 1.46. The summed E-state index contributed by atoms with van der Waals surface area (Å²) in [5.74, 6) is 1.42. The highest BCUT2D eigenvalue weighted by Gasteiger charge is 2.14. The summed E-state index contributed by atoms with van der Waals surface area (Å²) < 4.78 is 34.1. The Bertz CT molecular complexity index is 738. The second-order valence-corrected chi connectivity index (χ2v) is 7.83. The largest absolute Gasteiger partial charge is 0.493 e. The van der Waals surface area contributed by atoms with Crippen LogP contribution in [0.25, 0.3) is 10.6 Å². The van der Waals surface area contributed by atoms with Crippen LogP contribution in [0.4, 0.5) is 0 Å². The van der Waals surface area contributed by atoms with Crippen molar-refractivity contribution in [3.05, 3.63) is 29.3 Å². The first-order valence-electron chi connectivity index (χ1n) is 6.95. The molecule has 0 fully saturated rings. The van der Waals surface area contributed by atoms with Gasteiger partial charge < -0.3 is 9.47 Å². The standard InChI is InChI=1S/C15H19NO4S2/c1-4-20-13-7-6-11(8-14(13)19-3)15-16-12(9-21-15)10-22(17,18)5-2/h6-9H,4-5,10H2,1-3H3. The number of thiazole rings is 1. The lowest BCUT2D eigenvalue weighted by Crippen LogP contribution is -2.06. The fourth-order valence-corrected chi connectivity index (χ4v) is 3.63. The molecule has 0 aliphatic carbocycles. The number of ether oxygens (including phenoxy) is 2. The van der Waals surface area contributed by atoms with E-state index in [0.717, 1.165) is 10.6 Å². The van der Waals surface area contributed by atoms with Crippen molar-refractivity contribution in [1.82, 2.24) is 4.98 Å². The topological polar surface area (TPSA) is 65.5 Å². The minimum absolute atomic E-state index is 0.0197. The Morgan fingerprint density at radius 3 is 2.64 bits per heavy atom. The number of sulfone groups is 1. The number of hydrogen-bond acceptors (Lipinski definition) is 6. The molecule has 0 radical (unpaired) electrons. The molecule has 0 amide bonds. The van der Waals surface area contributed by atoms with Crippen molar-refractivity contribution in [2.75, 3.05) is 19.5 Å². The number of nitrogens with zero attached hydrogens (tertiary/aromatic N) is 1. The van der Waals surface area contributed by atoms with Crippen LogP contribution in [-0.4, -0.2) is 32.9 Å². The molecule has 0 atom stereocenters. The van der Waals surface area contributed by atoms with Crippen molar-refractivity contribution in [3.8, 4) is 22.1 Å². The lowest BCUT2D eigenvalue weighted by Gasteiger charge is -2.09. The Morgan fingerprint density at radius 1 is 1.23 bits per heavy atom. The highest BCUT2D eigenvalue weighted by Crippen LogP contribution is 2.34. The van der Waals surface area contributed by atoms with E-state index in [1.54, 1.807) is 19.4 Å². The number of rotatable bonds is 7. The number of benzene rings is 1. The van der Waals surface area contributed by atoms with Gasteiger partial charge in [-0.3, -0.25) is 0 Å². The first kappa shape index (κ1) is 16.8. The zero-order chi connectivity index (χ0) is 16.2. The predicted octanol–water partition coefficient (Wildman–Crippen LogP) is 3.15. The van der Waals surface area contributed by atoms with Crippen LogP contribution in [0, 0.1) is 0 Å². The van der Waals surface area contributed by atoms with Crippen LogP contribution < -0.4 is 9.47 Å². The van der Waals surface area contributed by atoms with Crippen molar-refractivity contribution in [2.24, 2.45) is 0 Å². The van der Waals surface area contributed by atoms with Gasteiger partial charge in [0.2, 0.25) is 0 Å². The second-order valence-electron chi connectivity index (χ2n) is 4.62. The number of hydrogen-bond donors (Lipinski definition) is 0. The summed E-state index contributed by atoms with van der Waals surface area (Å²) >= 11 is 1.42. The fourth-order valence-electron chi connectivity index (χ4n) is 1.91. The Morgan fingerprint density at radius 2 is 2.00 bits per heavy atom. The molecular weight excluding hydrogens is 322 g/mol. The molecular formula is C15H19NO4S2. The Labute approximate surface area is 134 Å². The summed E-state index contributed by atoms with van der Waals surface area (Å²) in [6.45, 7) is 4.11. The third-order valence-electron chi connectivity index (χ3n) is 3.07. The zero-order valence-corrected chi connectivity index (χ0v) is 14.5. The molecule has 7 heteroatoms. The monoisotopic (exact) mass is 341 g/mol. The first-order chi connectivity index (χ1) is 10.5. The average Bonchev–Trinajstić information content (AvgIpc) is 2.95. The van der Waals surface area contributed by atoms with Crippen LogP contribution >= 0.6 is 11.3 Å². The van der Waals surface area contributed by atoms with E-state index in [1.807, 2.05) is 25.1 Å². The summed E-state index contributed by atoms with van der Waals surface area (Å²) in [4.78, 5) is 4.41. The minimum Gasteiger partial charge on any atom is -0.493 e. The van der Waals surface area contributed by atoms with Gasteiger partial charge in [0.15, 0.2) is 21.3 Å². The van der Waals surface area contributed by atoms with Gasteiger partial charge in [-0.1, -0.05) is 6.92 Å². The van der Waals surface area contributed by atoms with Gasteiger partial charge in [0.1, 0.15) is 5.01 Å². The molecule has 22 heavy (non-hydrogen) atoms. The maximum absolute atomic E-state index is 11.7. The van der Waals surface area contributed by atoms with E-state index in [2.05, 4.69) is 4.98 Å². The number of methoxy groups -OCH3 is 1. The van der Waals surface area contributed by atoms with Crippen molar-refractivity contribution in [1.29, 1.82) is 0 Å². The van der Waals surface area contributed by atoms with Crippen LogP contribution in [0.2, 0.25) is 0 Å². The molecule has 1 aromatic heterocycles. The van der Waals surface area contributed by atoms with Gasteiger partial charge in [-0.15, -0.1) is 11.3 Å². The Balaban J connectivity index is 2.27. The molecule has 0 aliphatic heterocycles. The molecule has 5 nitrogen and oxygen atoms in total. The summed E-state index contributed by atoms with van der Waals surface area (Å²) in [7, 11) is -1.48. The number of aromatic nitrogens is 1. The first-order valence-corrected chi connectivity index (χ1v) is 9.65. The van der Waals surface area contributed by atoms with Crippen molar-refractivity contribution in [2.45, 2.75) is 19.6 Å². The quantitative estimate of drug-likeness (QED) is 0.774. The molecule has 0 N–H and O–H groups in total. The summed E-state index contributed by atoms with van der Waals surface area (Å²) in [5, 5.41) is 2.55. The van der Waals surface area contributed by atoms with E-state index in [-0.39, 0.29) is 11.5 Å². The zero-order valence-electron chi connectivity index (χ0n) is 12.8.